The molecule has 1 atom stereocenters. The molecule has 0 saturated carbocycles. The Balaban J connectivity index is 1.92. The summed E-state index contributed by atoms with van der Waals surface area (Å²) >= 11 is 0. The molecule has 4 nitrogen and oxygen atoms in total. The number of unbranched alkanes of at least 4 members (excludes halogenated alkanes) is 1. The van der Waals surface area contributed by atoms with Crippen LogP contribution in [0.4, 0.5) is 0 Å². The number of carbonyl (C=O) groups excluding carboxylic acids is 1. The molecule has 4 heteroatoms. The Labute approximate surface area is 121 Å². The van der Waals surface area contributed by atoms with Crippen molar-refractivity contribution in [1.29, 1.82) is 0 Å². The molecule has 0 aliphatic carbocycles. The molecule has 1 aromatic heterocycles. The second-order valence-electron chi connectivity index (χ2n) is 5.46. The van der Waals surface area contributed by atoms with Crippen LogP contribution >= 0.6 is 0 Å². The summed E-state index contributed by atoms with van der Waals surface area (Å²) in [5.41, 5.74) is 1.10. The first kappa shape index (κ1) is 15.0. The van der Waals surface area contributed by atoms with Crippen molar-refractivity contribution >= 4 is 5.91 Å². The van der Waals surface area contributed by atoms with Crippen LogP contribution in [-0.4, -0.2) is 35.5 Å². The van der Waals surface area contributed by atoms with E-state index >= 15 is 0 Å². The maximum absolute atomic E-state index is 12.5. The molecule has 1 aliphatic heterocycles. The average Bonchev–Trinajstić information content (AvgIpc) is 2.97. The number of rotatable bonds is 7. The van der Waals surface area contributed by atoms with Gasteiger partial charge in [-0.1, -0.05) is 19.4 Å². The zero-order valence-corrected chi connectivity index (χ0v) is 12.3. The Morgan fingerprint density at radius 2 is 2.45 bits per heavy atom. The topological polar surface area (TPSA) is 42.4 Å². The molecule has 0 unspecified atom stereocenters. The van der Waals surface area contributed by atoms with Gasteiger partial charge in [0.1, 0.15) is 0 Å². The van der Waals surface area contributed by atoms with Crippen LogP contribution in [0.3, 0.4) is 0 Å². The Morgan fingerprint density at radius 3 is 3.10 bits per heavy atom. The Hall–Kier alpha value is -1.42. The van der Waals surface area contributed by atoms with Crippen molar-refractivity contribution in [3.8, 4) is 0 Å². The van der Waals surface area contributed by atoms with Gasteiger partial charge in [-0.2, -0.15) is 0 Å². The quantitative estimate of drug-likeness (QED) is 0.769. The highest BCUT2D eigenvalue weighted by Crippen LogP contribution is 2.18. The molecule has 1 fully saturated rings. The fourth-order valence-electron chi connectivity index (χ4n) is 2.47. The fourth-order valence-corrected chi connectivity index (χ4v) is 2.47. The van der Waals surface area contributed by atoms with E-state index in [1.54, 1.807) is 6.20 Å². The number of carbonyl (C=O) groups is 1. The van der Waals surface area contributed by atoms with Crippen molar-refractivity contribution in [3.05, 3.63) is 30.1 Å². The molecule has 20 heavy (non-hydrogen) atoms. The van der Waals surface area contributed by atoms with Gasteiger partial charge in [0.25, 0.3) is 0 Å². The van der Waals surface area contributed by atoms with Crippen LogP contribution in [0.25, 0.3) is 0 Å². The number of hydrogen-bond donors (Lipinski definition) is 0. The van der Waals surface area contributed by atoms with E-state index in [9.17, 15) is 4.79 Å². The smallest absolute Gasteiger partial charge is 0.223 e. The third-order valence-electron chi connectivity index (χ3n) is 3.72. The van der Waals surface area contributed by atoms with Crippen LogP contribution < -0.4 is 0 Å². The summed E-state index contributed by atoms with van der Waals surface area (Å²) in [7, 11) is 0. The van der Waals surface area contributed by atoms with Crippen LogP contribution in [0.2, 0.25) is 0 Å². The zero-order chi connectivity index (χ0) is 14.2. The van der Waals surface area contributed by atoms with Gasteiger partial charge in [-0.05, 0) is 30.4 Å². The SMILES string of the molecule is CCCCN(Cc1cccnc1)C(=O)C[C@H]1CCOC1. The molecular weight excluding hydrogens is 252 g/mol. The summed E-state index contributed by atoms with van der Waals surface area (Å²) in [5.74, 6) is 0.651. The summed E-state index contributed by atoms with van der Waals surface area (Å²) in [5, 5.41) is 0. The van der Waals surface area contributed by atoms with Crippen molar-refractivity contribution in [2.24, 2.45) is 5.92 Å². The second kappa shape index (κ2) is 8.00. The predicted molar refractivity (Wildman–Crippen MR) is 78.1 cm³/mol. The minimum atomic E-state index is 0.248. The summed E-state index contributed by atoms with van der Waals surface area (Å²) in [6.45, 7) is 5.19. The number of ether oxygens (including phenoxy) is 1. The van der Waals surface area contributed by atoms with Crippen molar-refractivity contribution in [1.82, 2.24) is 9.88 Å². The van der Waals surface area contributed by atoms with Gasteiger partial charge >= 0.3 is 0 Å². The van der Waals surface area contributed by atoms with E-state index in [2.05, 4.69) is 11.9 Å². The Morgan fingerprint density at radius 1 is 1.55 bits per heavy atom. The molecule has 0 radical (unpaired) electrons. The normalized spacial score (nSPS) is 18.1. The molecule has 0 N–H and O–H groups in total. The molecule has 0 bridgehead atoms. The highest BCUT2D eigenvalue weighted by molar-refractivity contribution is 5.76. The monoisotopic (exact) mass is 276 g/mol. The fraction of sp³-hybridized carbons (Fsp3) is 0.625. The lowest BCUT2D eigenvalue weighted by Crippen LogP contribution is -2.33. The number of hydrogen-bond acceptors (Lipinski definition) is 3. The average molecular weight is 276 g/mol. The second-order valence-corrected chi connectivity index (χ2v) is 5.46. The summed E-state index contributed by atoms with van der Waals surface area (Å²) in [6.07, 6.45) is 7.38. The molecule has 1 aromatic rings. The van der Waals surface area contributed by atoms with Crippen molar-refractivity contribution < 1.29 is 9.53 Å². The molecule has 1 aliphatic rings. The standard InChI is InChI=1S/C16H24N2O2/c1-2-3-8-18(12-15-5-4-7-17-11-15)16(19)10-14-6-9-20-13-14/h4-5,7,11,14H,2-3,6,8-10,12-13H2,1H3/t14-/m1/s1. The lowest BCUT2D eigenvalue weighted by atomic mass is 10.0. The summed E-state index contributed by atoms with van der Waals surface area (Å²) in [4.78, 5) is 18.6. The third kappa shape index (κ3) is 4.60. The molecule has 0 spiro atoms. The number of amides is 1. The molecule has 110 valence electrons. The molecule has 2 rings (SSSR count). The molecular formula is C16H24N2O2. The van der Waals surface area contributed by atoms with Crippen LogP contribution in [0.1, 0.15) is 38.2 Å². The van der Waals surface area contributed by atoms with E-state index in [0.717, 1.165) is 44.6 Å². The van der Waals surface area contributed by atoms with E-state index in [1.807, 2.05) is 23.2 Å². The van der Waals surface area contributed by atoms with Crippen molar-refractivity contribution in [3.63, 3.8) is 0 Å². The van der Waals surface area contributed by atoms with Gasteiger partial charge in [0.2, 0.25) is 5.91 Å². The van der Waals surface area contributed by atoms with Gasteiger partial charge < -0.3 is 9.64 Å². The number of pyridine rings is 1. The van der Waals surface area contributed by atoms with Crippen molar-refractivity contribution in [2.45, 2.75) is 39.2 Å². The van der Waals surface area contributed by atoms with Crippen LogP contribution in [0.5, 0.6) is 0 Å². The third-order valence-corrected chi connectivity index (χ3v) is 3.72. The number of aromatic nitrogens is 1. The largest absolute Gasteiger partial charge is 0.381 e. The summed E-state index contributed by atoms with van der Waals surface area (Å²) < 4.78 is 5.36. The maximum atomic E-state index is 12.5. The molecule has 2 heterocycles. The highest BCUT2D eigenvalue weighted by atomic mass is 16.5. The zero-order valence-electron chi connectivity index (χ0n) is 12.3. The Bertz CT molecular complexity index is 402. The molecule has 0 aromatic carbocycles. The highest BCUT2D eigenvalue weighted by Gasteiger charge is 2.22. The van der Waals surface area contributed by atoms with Crippen molar-refractivity contribution in [2.75, 3.05) is 19.8 Å². The first-order chi connectivity index (χ1) is 9.79. The first-order valence-electron chi connectivity index (χ1n) is 7.54. The van der Waals surface area contributed by atoms with Gasteiger partial charge in [0.05, 0.1) is 0 Å². The first-order valence-corrected chi connectivity index (χ1v) is 7.54. The van der Waals surface area contributed by atoms with E-state index in [4.69, 9.17) is 4.74 Å². The lowest BCUT2D eigenvalue weighted by Gasteiger charge is -2.24. The van der Waals surface area contributed by atoms with Crippen LogP contribution in [0.15, 0.2) is 24.5 Å². The predicted octanol–water partition coefficient (Wildman–Crippen LogP) is 2.64. The van der Waals surface area contributed by atoms with Gasteiger partial charge in [0, 0.05) is 45.1 Å². The van der Waals surface area contributed by atoms with E-state index in [0.29, 0.717) is 18.9 Å². The van der Waals surface area contributed by atoms with Crippen LogP contribution in [-0.2, 0) is 16.1 Å². The van der Waals surface area contributed by atoms with Gasteiger partial charge in [0.15, 0.2) is 0 Å². The lowest BCUT2D eigenvalue weighted by molar-refractivity contribution is -0.133. The molecule has 1 amide bonds. The summed E-state index contributed by atoms with van der Waals surface area (Å²) in [6, 6.07) is 3.94. The maximum Gasteiger partial charge on any atom is 0.223 e. The van der Waals surface area contributed by atoms with Gasteiger partial charge in [-0.15, -0.1) is 0 Å². The molecule has 1 saturated heterocycles. The van der Waals surface area contributed by atoms with E-state index in [-0.39, 0.29) is 5.91 Å². The number of nitrogens with zero attached hydrogens (tertiary/aromatic N) is 2. The van der Waals surface area contributed by atoms with E-state index in [1.165, 1.54) is 0 Å². The minimum absolute atomic E-state index is 0.248. The van der Waals surface area contributed by atoms with E-state index < -0.39 is 0 Å². The van der Waals surface area contributed by atoms with Crippen LogP contribution in [0, 0.1) is 5.92 Å². The van der Waals surface area contributed by atoms with Gasteiger partial charge in [-0.3, -0.25) is 9.78 Å². The Kier molecular flexibility index (Phi) is 5.99. The van der Waals surface area contributed by atoms with Gasteiger partial charge in [-0.25, -0.2) is 0 Å². The minimum Gasteiger partial charge on any atom is -0.381 e.